The number of rotatable bonds is 12. The van der Waals surface area contributed by atoms with Crippen LogP contribution in [0.25, 0.3) is 0 Å². The van der Waals surface area contributed by atoms with E-state index in [1.165, 1.54) is 0 Å². The Morgan fingerprint density at radius 2 is 0.875 bits per heavy atom. The molecule has 0 aliphatic carbocycles. The molecule has 1 aromatic carbocycles. The topological polar surface area (TPSA) is 299 Å². The van der Waals surface area contributed by atoms with Crippen molar-refractivity contribution in [2.75, 3.05) is 0 Å². The lowest BCUT2D eigenvalue weighted by Crippen LogP contribution is -2.55. The van der Waals surface area contributed by atoms with E-state index in [1.807, 2.05) is 0 Å². The van der Waals surface area contributed by atoms with E-state index in [9.17, 15) is 39.0 Å². The van der Waals surface area contributed by atoms with E-state index in [4.69, 9.17) is 34.4 Å². The Balaban J connectivity index is 3.59. The van der Waals surface area contributed by atoms with E-state index in [2.05, 4.69) is 0 Å². The summed E-state index contributed by atoms with van der Waals surface area (Å²) in [5.41, 5.74) is 25.1. The highest BCUT2D eigenvalue weighted by atomic mass is 16.3. The first-order chi connectivity index (χ1) is 14.6. The van der Waals surface area contributed by atoms with E-state index >= 15 is 0 Å². The van der Waals surface area contributed by atoms with E-state index in [1.54, 1.807) is 0 Å². The van der Waals surface area contributed by atoms with Crippen molar-refractivity contribution in [2.45, 2.75) is 35.9 Å². The largest absolute Gasteiger partial charge is 0.378 e. The monoisotopic (exact) mass is 452 g/mol. The number of carbonyl (C=O) groups is 6. The van der Waals surface area contributed by atoms with Gasteiger partial charge >= 0.3 is 0 Å². The third kappa shape index (κ3) is 5.16. The molecule has 32 heavy (non-hydrogen) atoms. The van der Waals surface area contributed by atoms with Crippen molar-refractivity contribution in [3.05, 3.63) is 35.4 Å². The molecule has 0 saturated carbocycles. The summed E-state index contributed by atoms with van der Waals surface area (Å²) >= 11 is 0. The number of nitrogens with two attached hydrogens (primary N) is 6. The maximum absolute atomic E-state index is 12.0. The van der Waals surface area contributed by atoms with Crippen LogP contribution in [0, 0.1) is 0 Å². The van der Waals surface area contributed by atoms with Gasteiger partial charge in [-0.05, 0) is 11.1 Å². The van der Waals surface area contributed by atoms with E-state index < -0.39 is 71.3 Å². The maximum Gasteiger partial charge on any atom is 0.251 e. The highest BCUT2D eigenvalue weighted by molar-refractivity contribution is 5.99. The predicted octanol–water partition coefficient (Wildman–Crippen LogP) is -4.99. The summed E-state index contributed by atoms with van der Waals surface area (Å²) in [6, 6.07) is 4.34. The summed E-state index contributed by atoms with van der Waals surface area (Å²) in [6.45, 7) is 0. The van der Waals surface area contributed by atoms with Crippen LogP contribution in [0.5, 0.6) is 0 Å². The average molecular weight is 452 g/mol. The normalized spacial score (nSPS) is 16.6. The fraction of sp³-hybridized carbons (Fsp3) is 0.333. The lowest BCUT2D eigenvalue weighted by Gasteiger charge is -2.32. The van der Waals surface area contributed by atoms with Gasteiger partial charge in [-0.15, -0.1) is 0 Å². The Kier molecular flexibility index (Phi) is 7.64. The molecule has 0 aromatic heterocycles. The van der Waals surface area contributed by atoms with Gasteiger partial charge in [-0.25, -0.2) is 0 Å². The van der Waals surface area contributed by atoms with Gasteiger partial charge in [-0.3, -0.25) is 28.8 Å². The fourth-order valence-corrected chi connectivity index (χ4v) is 3.43. The molecular formula is C18H24N6O8. The molecule has 0 aliphatic heterocycles. The van der Waals surface area contributed by atoms with Gasteiger partial charge in [0.15, 0.2) is 11.2 Å². The number of carbonyl (C=O) groups excluding carboxylic acids is 6. The molecular weight excluding hydrogens is 428 g/mol. The molecule has 0 fully saturated rings. The minimum atomic E-state index is -2.78. The molecule has 1 rings (SSSR count). The van der Waals surface area contributed by atoms with Crippen molar-refractivity contribution in [3.8, 4) is 0 Å². The van der Waals surface area contributed by atoms with Crippen LogP contribution < -0.4 is 34.4 Å². The van der Waals surface area contributed by atoms with Crippen molar-refractivity contribution in [2.24, 2.45) is 34.4 Å². The van der Waals surface area contributed by atoms with Crippen LogP contribution in [0.2, 0.25) is 0 Å². The molecule has 0 aliphatic rings. The summed E-state index contributed by atoms with van der Waals surface area (Å²) in [4.78, 5) is 70.2. The minimum absolute atomic E-state index is 0.135. The summed E-state index contributed by atoms with van der Waals surface area (Å²) < 4.78 is 0. The van der Waals surface area contributed by atoms with Gasteiger partial charge in [0.2, 0.25) is 23.6 Å². The van der Waals surface area contributed by atoms with E-state index in [0.717, 1.165) is 24.3 Å². The third-order valence-electron chi connectivity index (χ3n) is 4.87. The molecule has 4 atom stereocenters. The van der Waals surface area contributed by atoms with Crippen molar-refractivity contribution in [1.29, 1.82) is 0 Å². The summed E-state index contributed by atoms with van der Waals surface area (Å²) in [5, 5.41) is 21.2. The number of primary amides is 6. The molecule has 0 bridgehead atoms. The first-order valence-corrected chi connectivity index (χ1v) is 8.87. The van der Waals surface area contributed by atoms with Crippen LogP contribution in [-0.2, 0) is 28.8 Å². The van der Waals surface area contributed by atoms with Crippen LogP contribution in [0.15, 0.2) is 24.3 Å². The van der Waals surface area contributed by atoms with Gasteiger partial charge in [0, 0.05) is 0 Å². The molecule has 0 heterocycles. The number of aliphatic hydroxyl groups is 2. The summed E-state index contributed by atoms with van der Waals surface area (Å²) in [6.07, 6.45) is -2.05. The fourth-order valence-electron chi connectivity index (χ4n) is 3.43. The Bertz CT molecular complexity index is 888. The molecule has 1 aromatic rings. The van der Waals surface area contributed by atoms with Gasteiger partial charge in [0.05, 0.1) is 12.8 Å². The predicted molar refractivity (Wildman–Crippen MR) is 106 cm³/mol. The zero-order chi connectivity index (χ0) is 25.0. The van der Waals surface area contributed by atoms with Gasteiger partial charge in [0.1, 0.15) is 11.8 Å². The zero-order valence-electron chi connectivity index (χ0n) is 16.7. The lowest BCUT2D eigenvalue weighted by molar-refractivity contribution is -0.148. The van der Waals surface area contributed by atoms with E-state index in [-0.39, 0.29) is 11.1 Å². The number of benzene rings is 1. The molecule has 6 amide bonds. The highest BCUT2D eigenvalue weighted by Gasteiger charge is 2.49. The van der Waals surface area contributed by atoms with Crippen LogP contribution in [-0.4, -0.2) is 56.9 Å². The van der Waals surface area contributed by atoms with Crippen molar-refractivity contribution < 1.29 is 39.0 Å². The Hall–Kier alpha value is -4.04. The molecule has 4 unspecified atom stereocenters. The number of hydrogen-bond donors (Lipinski definition) is 8. The molecule has 0 radical (unpaired) electrons. The van der Waals surface area contributed by atoms with Crippen molar-refractivity contribution in [1.82, 2.24) is 0 Å². The van der Waals surface area contributed by atoms with Crippen LogP contribution >= 0.6 is 0 Å². The first kappa shape index (κ1) is 26.0. The Morgan fingerprint density at radius 1 is 0.625 bits per heavy atom. The first-order valence-electron chi connectivity index (χ1n) is 8.87. The van der Waals surface area contributed by atoms with Gasteiger partial charge in [0.25, 0.3) is 11.8 Å². The smallest absolute Gasteiger partial charge is 0.251 e. The number of amides is 6. The second-order valence-corrected chi connectivity index (χ2v) is 7.20. The number of hydrogen-bond acceptors (Lipinski definition) is 8. The highest BCUT2D eigenvalue weighted by Crippen LogP contribution is 2.35. The second-order valence-electron chi connectivity index (χ2n) is 7.20. The quantitative estimate of drug-likeness (QED) is 0.151. The maximum atomic E-state index is 12.0. The molecule has 14 heteroatoms. The minimum Gasteiger partial charge on any atom is -0.378 e. The van der Waals surface area contributed by atoms with E-state index in [0.29, 0.717) is 0 Å². The van der Waals surface area contributed by atoms with Crippen molar-refractivity contribution in [3.63, 3.8) is 0 Å². The molecule has 0 saturated heterocycles. The Labute approximate surface area is 180 Å². The van der Waals surface area contributed by atoms with Gasteiger partial charge in [-0.1, -0.05) is 24.3 Å². The Morgan fingerprint density at radius 3 is 1.03 bits per heavy atom. The second kappa shape index (κ2) is 9.40. The molecule has 174 valence electrons. The van der Waals surface area contributed by atoms with Crippen molar-refractivity contribution >= 4 is 35.4 Å². The summed E-state index contributed by atoms with van der Waals surface area (Å²) in [7, 11) is 0. The summed E-state index contributed by atoms with van der Waals surface area (Å²) in [5.74, 6) is -11.4. The zero-order valence-corrected chi connectivity index (χ0v) is 16.7. The van der Waals surface area contributed by atoms with Gasteiger partial charge < -0.3 is 44.6 Å². The lowest BCUT2D eigenvalue weighted by atomic mass is 9.76. The van der Waals surface area contributed by atoms with Crippen LogP contribution in [0.3, 0.4) is 0 Å². The third-order valence-corrected chi connectivity index (χ3v) is 4.87. The van der Waals surface area contributed by atoms with Gasteiger partial charge in [-0.2, -0.15) is 0 Å². The molecule has 0 spiro atoms. The SMILES string of the molecule is NC(=O)CC(O)(C(N)=O)C(C(N)=O)c1ccc(C(C(N)=O)C(O)(CC(N)=O)C(N)=O)cc1. The standard InChI is InChI=1S/C18H24N6O8/c19-9(25)5-17(31,15(23)29)11(13(21)27)7-1-2-8(4-3-7)12(14(22)28)18(32,16(24)30)6-10(20)26/h1-4,11-12,31-32H,5-6H2,(H2,19,25)(H2,20,26)(H2,21,27)(H2,22,28)(H2,23,29)(H2,24,30). The molecule has 14 N–H and O–H groups in total. The van der Waals surface area contributed by atoms with Crippen LogP contribution in [0.1, 0.15) is 35.8 Å². The molecule has 14 nitrogen and oxygen atoms in total. The van der Waals surface area contributed by atoms with Crippen LogP contribution in [0.4, 0.5) is 0 Å². The average Bonchev–Trinajstić information content (AvgIpc) is 2.61.